The van der Waals surface area contributed by atoms with Crippen molar-refractivity contribution < 1.29 is 14.6 Å². The Bertz CT molecular complexity index is 184. The van der Waals surface area contributed by atoms with Gasteiger partial charge in [-0.05, 0) is 27.0 Å². The van der Waals surface area contributed by atoms with Gasteiger partial charge in [0, 0.05) is 11.3 Å². The van der Waals surface area contributed by atoms with Gasteiger partial charge in [0.15, 0.2) is 0 Å². The van der Waals surface area contributed by atoms with Gasteiger partial charge >= 0.3 is 0 Å². The van der Waals surface area contributed by atoms with Gasteiger partial charge < -0.3 is 15.2 Å². The van der Waals surface area contributed by atoms with Crippen molar-refractivity contribution in [1.29, 1.82) is 0 Å². The molecule has 0 aromatic rings. The molecule has 0 saturated carbocycles. The van der Waals surface area contributed by atoms with Gasteiger partial charge in [-0.2, -0.15) is 11.8 Å². The molecule has 0 bridgehead atoms. The Balaban J connectivity index is 3.84. The first kappa shape index (κ1) is 14.7. The summed E-state index contributed by atoms with van der Waals surface area (Å²) in [6.07, 6.45) is 1.97. The lowest BCUT2D eigenvalue weighted by atomic mass is 10.2. The number of hydrogen-bond donors (Lipinski definition) is 2. The van der Waals surface area contributed by atoms with Crippen LogP contribution in [0.4, 0.5) is 0 Å². The summed E-state index contributed by atoms with van der Waals surface area (Å²) < 4.78 is 5.17. The van der Waals surface area contributed by atoms with Gasteiger partial charge in [-0.15, -0.1) is 0 Å². The molecule has 0 fully saturated rings. The van der Waals surface area contributed by atoms with Crippen LogP contribution in [0.15, 0.2) is 0 Å². The first-order valence-electron chi connectivity index (χ1n) is 5.05. The predicted molar refractivity (Wildman–Crippen MR) is 63.1 cm³/mol. The molecule has 0 heterocycles. The van der Waals surface area contributed by atoms with E-state index in [1.165, 1.54) is 11.8 Å². The molecule has 0 radical (unpaired) electrons. The topological polar surface area (TPSA) is 58.6 Å². The second kappa shape index (κ2) is 7.96. The summed E-state index contributed by atoms with van der Waals surface area (Å²) in [7, 11) is 0. The van der Waals surface area contributed by atoms with E-state index in [1.807, 2.05) is 27.0 Å². The van der Waals surface area contributed by atoms with Crippen LogP contribution in [0.1, 0.15) is 20.8 Å². The van der Waals surface area contributed by atoms with E-state index in [2.05, 4.69) is 5.32 Å². The number of ether oxygens (including phenoxy) is 1. The quantitative estimate of drug-likeness (QED) is 0.680. The number of nitrogens with one attached hydrogen (secondary N) is 1. The molecule has 0 spiro atoms. The van der Waals surface area contributed by atoms with Crippen molar-refractivity contribution in [2.24, 2.45) is 0 Å². The minimum atomic E-state index is -0.135. The molecule has 0 rings (SSSR count). The fourth-order valence-corrected chi connectivity index (χ4v) is 1.69. The number of amides is 1. The number of aliphatic hydroxyl groups is 1. The Morgan fingerprint density at radius 3 is 2.47 bits per heavy atom. The first-order valence-corrected chi connectivity index (χ1v) is 6.34. The lowest BCUT2D eigenvalue weighted by molar-refractivity contribution is -0.127. The Labute approximate surface area is 95.8 Å². The van der Waals surface area contributed by atoms with Crippen molar-refractivity contribution in [3.05, 3.63) is 0 Å². The molecule has 0 aromatic carbocycles. The van der Waals surface area contributed by atoms with Crippen molar-refractivity contribution in [1.82, 2.24) is 5.32 Å². The van der Waals surface area contributed by atoms with E-state index < -0.39 is 0 Å². The maximum absolute atomic E-state index is 11.4. The van der Waals surface area contributed by atoms with Gasteiger partial charge in [0.25, 0.3) is 0 Å². The van der Waals surface area contributed by atoms with Crippen LogP contribution in [0.2, 0.25) is 0 Å². The van der Waals surface area contributed by atoms with Gasteiger partial charge in [-0.3, -0.25) is 4.79 Å². The largest absolute Gasteiger partial charge is 0.395 e. The summed E-state index contributed by atoms with van der Waals surface area (Å²) in [6, 6.07) is -0.0479. The molecule has 0 aliphatic carbocycles. The van der Waals surface area contributed by atoms with Gasteiger partial charge in [-0.25, -0.2) is 0 Å². The third kappa shape index (κ3) is 6.76. The second-order valence-corrected chi connectivity index (χ2v) is 4.75. The molecule has 0 aliphatic heterocycles. The average Bonchev–Trinajstić information content (AvgIpc) is 2.16. The zero-order valence-electron chi connectivity index (χ0n) is 9.82. The van der Waals surface area contributed by atoms with E-state index in [0.29, 0.717) is 0 Å². The minimum absolute atomic E-state index is 0.0352. The van der Waals surface area contributed by atoms with E-state index in [-0.39, 0.29) is 36.5 Å². The van der Waals surface area contributed by atoms with Crippen LogP contribution in [-0.2, 0) is 9.53 Å². The monoisotopic (exact) mass is 235 g/mol. The third-order valence-corrected chi connectivity index (χ3v) is 3.14. The molecule has 5 heteroatoms. The Morgan fingerprint density at radius 2 is 2.07 bits per heavy atom. The van der Waals surface area contributed by atoms with Crippen LogP contribution >= 0.6 is 11.8 Å². The number of carbonyl (C=O) groups excluding carboxylic acids is 1. The fourth-order valence-electron chi connectivity index (χ4n) is 1.07. The molecule has 1 amide bonds. The number of carbonyl (C=O) groups is 1. The van der Waals surface area contributed by atoms with E-state index in [0.717, 1.165) is 0 Å². The van der Waals surface area contributed by atoms with Crippen LogP contribution in [0.3, 0.4) is 0 Å². The third-order valence-electron chi connectivity index (χ3n) is 1.98. The van der Waals surface area contributed by atoms with Gasteiger partial charge in [0.2, 0.25) is 5.91 Å². The Hall–Kier alpha value is -0.260. The summed E-state index contributed by atoms with van der Waals surface area (Å²) >= 11 is 1.54. The van der Waals surface area contributed by atoms with E-state index in [9.17, 15) is 4.79 Å². The van der Waals surface area contributed by atoms with Crippen molar-refractivity contribution in [3.8, 4) is 0 Å². The van der Waals surface area contributed by atoms with Crippen molar-refractivity contribution in [3.63, 3.8) is 0 Å². The molecule has 0 aliphatic rings. The van der Waals surface area contributed by atoms with Gasteiger partial charge in [-0.1, -0.05) is 0 Å². The highest BCUT2D eigenvalue weighted by Gasteiger charge is 2.17. The molecular formula is C10H21NO3S. The van der Waals surface area contributed by atoms with Crippen molar-refractivity contribution in [2.45, 2.75) is 38.2 Å². The Morgan fingerprint density at radius 1 is 1.47 bits per heavy atom. The maximum Gasteiger partial charge on any atom is 0.246 e. The van der Waals surface area contributed by atoms with Crippen molar-refractivity contribution in [2.75, 3.05) is 19.5 Å². The second-order valence-electron chi connectivity index (χ2n) is 3.67. The fraction of sp³-hybridized carbons (Fsp3) is 0.900. The molecule has 2 unspecified atom stereocenters. The average molecular weight is 235 g/mol. The summed E-state index contributed by atoms with van der Waals surface area (Å²) in [4.78, 5) is 11.4. The van der Waals surface area contributed by atoms with E-state index >= 15 is 0 Å². The van der Waals surface area contributed by atoms with Crippen LogP contribution in [-0.4, -0.2) is 47.9 Å². The number of hydrogen-bond acceptors (Lipinski definition) is 4. The maximum atomic E-state index is 11.4. The molecular weight excluding hydrogens is 214 g/mol. The summed E-state index contributed by atoms with van der Waals surface area (Å²) in [5, 5.41) is 11.9. The number of thioether (sulfide) groups is 1. The molecule has 0 saturated heterocycles. The highest BCUT2D eigenvalue weighted by atomic mass is 32.2. The first-order chi connectivity index (χ1) is 7.01. The predicted octanol–water partition coefficient (Wildman–Crippen LogP) is 0.640. The number of aliphatic hydroxyl groups excluding tert-OH is 1. The van der Waals surface area contributed by atoms with E-state index in [1.54, 1.807) is 0 Å². The Kier molecular flexibility index (Phi) is 7.82. The number of rotatable bonds is 7. The summed E-state index contributed by atoms with van der Waals surface area (Å²) in [5.74, 6) is -0.135. The smallest absolute Gasteiger partial charge is 0.246 e. The zero-order chi connectivity index (χ0) is 11.8. The summed E-state index contributed by atoms with van der Waals surface area (Å²) in [6.45, 7) is 5.79. The molecule has 0 aromatic heterocycles. The zero-order valence-corrected chi connectivity index (χ0v) is 10.6. The standard InChI is InChI=1S/C10H21NO3S/c1-7(2)14-6-10(13)11-8(3)9(5-12)15-4/h7-9,12H,5-6H2,1-4H3,(H,11,13). The molecule has 2 atom stereocenters. The highest BCUT2D eigenvalue weighted by molar-refractivity contribution is 7.99. The molecule has 2 N–H and O–H groups in total. The van der Waals surface area contributed by atoms with Crippen molar-refractivity contribution >= 4 is 17.7 Å². The SMILES string of the molecule is CSC(CO)C(C)NC(=O)COC(C)C. The lowest BCUT2D eigenvalue weighted by Crippen LogP contribution is -2.43. The molecule has 4 nitrogen and oxygen atoms in total. The van der Waals surface area contributed by atoms with Gasteiger partial charge in [0.1, 0.15) is 6.61 Å². The van der Waals surface area contributed by atoms with Crippen LogP contribution in [0.25, 0.3) is 0 Å². The van der Waals surface area contributed by atoms with Crippen LogP contribution in [0, 0.1) is 0 Å². The van der Waals surface area contributed by atoms with Crippen LogP contribution in [0.5, 0.6) is 0 Å². The summed E-state index contributed by atoms with van der Waals surface area (Å²) in [5.41, 5.74) is 0. The van der Waals surface area contributed by atoms with E-state index in [4.69, 9.17) is 9.84 Å². The lowest BCUT2D eigenvalue weighted by Gasteiger charge is -2.21. The molecule has 15 heavy (non-hydrogen) atoms. The minimum Gasteiger partial charge on any atom is -0.395 e. The molecule has 90 valence electrons. The normalized spacial score (nSPS) is 15.1. The van der Waals surface area contributed by atoms with Crippen LogP contribution < -0.4 is 5.32 Å². The highest BCUT2D eigenvalue weighted by Crippen LogP contribution is 2.09. The van der Waals surface area contributed by atoms with Gasteiger partial charge in [0.05, 0.1) is 12.7 Å².